The molecule has 0 bridgehead atoms. The maximum atomic E-state index is 12.4. The number of primary amides is 1. The zero-order valence-electron chi connectivity index (χ0n) is 15.3. The smallest absolute Gasteiger partial charge is 0.412 e. The molecule has 26 heavy (non-hydrogen) atoms. The van der Waals surface area contributed by atoms with Gasteiger partial charge in [0.1, 0.15) is 12.2 Å². The molecule has 1 saturated heterocycles. The first-order chi connectivity index (χ1) is 12.2. The average molecular weight is 363 g/mol. The van der Waals surface area contributed by atoms with Gasteiger partial charge in [0.25, 0.3) is 0 Å². The molecule has 2 rings (SSSR count). The first-order valence-electron chi connectivity index (χ1n) is 8.49. The lowest BCUT2D eigenvalue weighted by atomic mass is 10.1. The summed E-state index contributed by atoms with van der Waals surface area (Å²) in [5, 5.41) is 2.56. The van der Waals surface area contributed by atoms with Crippen molar-refractivity contribution in [3.8, 4) is 0 Å². The van der Waals surface area contributed by atoms with E-state index in [4.69, 9.17) is 15.2 Å². The molecule has 8 nitrogen and oxygen atoms in total. The Morgan fingerprint density at radius 1 is 1.27 bits per heavy atom. The summed E-state index contributed by atoms with van der Waals surface area (Å²) in [6, 6.07) is 5.76. The number of para-hydroxylation sites is 1. The molecule has 0 unspecified atom stereocenters. The van der Waals surface area contributed by atoms with Gasteiger partial charge >= 0.3 is 18.1 Å². The Balaban J connectivity index is 2.01. The van der Waals surface area contributed by atoms with E-state index in [0.29, 0.717) is 12.2 Å². The Kier molecular flexibility index (Phi) is 6.07. The molecular formula is C18H25N3O5. The second-order valence-electron chi connectivity index (χ2n) is 7.10. The van der Waals surface area contributed by atoms with Gasteiger partial charge in [-0.05, 0) is 45.7 Å². The molecule has 0 aromatic heterocycles. The molecule has 3 N–H and O–H groups in total. The first kappa shape index (κ1) is 19.6. The van der Waals surface area contributed by atoms with E-state index < -0.39 is 23.7 Å². The number of nitrogens with one attached hydrogen (secondary N) is 1. The lowest BCUT2D eigenvalue weighted by Gasteiger charge is -2.22. The first-order valence-corrected chi connectivity index (χ1v) is 8.49. The minimum absolute atomic E-state index is 0.0581. The van der Waals surface area contributed by atoms with Crippen LogP contribution in [0.5, 0.6) is 0 Å². The summed E-state index contributed by atoms with van der Waals surface area (Å²) in [4.78, 5) is 37.2. The molecule has 1 aromatic rings. The number of rotatable bonds is 4. The SMILES string of the molecule is CC(C)(C)OC(=O)Nc1ccccc1C(=O)OC[C@H]1CCCN1C(N)=O. The van der Waals surface area contributed by atoms with E-state index in [2.05, 4.69) is 5.32 Å². The normalized spacial score (nSPS) is 16.9. The van der Waals surface area contributed by atoms with Gasteiger partial charge in [0.15, 0.2) is 0 Å². The van der Waals surface area contributed by atoms with Crippen molar-refractivity contribution in [1.29, 1.82) is 0 Å². The Morgan fingerprint density at radius 3 is 2.62 bits per heavy atom. The number of hydrogen-bond acceptors (Lipinski definition) is 5. The molecule has 3 amide bonds. The molecule has 8 heteroatoms. The Hall–Kier alpha value is -2.77. The van der Waals surface area contributed by atoms with Crippen LogP contribution in [-0.4, -0.2) is 47.8 Å². The number of carbonyl (C=O) groups is 3. The minimum Gasteiger partial charge on any atom is -0.460 e. The van der Waals surface area contributed by atoms with E-state index >= 15 is 0 Å². The van der Waals surface area contributed by atoms with Gasteiger partial charge in [0.2, 0.25) is 0 Å². The second-order valence-corrected chi connectivity index (χ2v) is 7.10. The predicted molar refractivity (Wildman–Crippen MR) is 95.9 cm³/mol. The Labute approximate surface area is 152 Å². The van der Waals surface area contributed by atoms with Gasteiger partial charge in [-0.3, -0.25) is 5.32 Å². The number of carbonyl (C=O) groups excluding carboxylic acids is 3. The number of amides is 3. The molecule has 1 heterocycles. The number of nitrogens with zero attached hydrogens (tertiary/aromatic N) is 1. The molecule has 1 fully saturated rings. The Morgan fingerprint density at radius 2 is 1.96 bits per heavy atom. The van der Waals surface area contributed by atoms with E-state index in [1.807, 2.05) is 0 Å². The maximum Gasteiger partial charge on any atom is 0.412 e. The molecule has 1 atom stereocenters. The summed E-state index contributed by atoms with van der Waals surface area (Å²) in [6.45, 7) is 5.87. The highest BCUT2D eigenvalue weighted by molar-refractivity contribution is 5.99. The van der Waals surface area contributed by atoms with Crippen LogP contribution in [0.3, 0.4) is 0 Å². The Bertz CT molecular complexity index is 684. The van der Waals surface area contributed by atoms with Crippen molar-refractivity contribution in [2.24, 2.45) is 5.73 Å². The molecular weight excluding hydrogens is 338 g/mol. The monoisotopic (exact) mass is 363 g/mol. The van der Waals surface area contributed by atoms with Gasteiger partial charge in [-0.25, -0.2) is 14.4 Å². The van der Waals surface area contributed by atoms with Gasteiger partial charge in [-0.2, -0.15) is 0 Å². The van der Waals surface area contributed by atoms with E-state index in [9.17, 15) is 14.4 Å². The van der Waals surface area contributed by atoms with Crippen LogP contribution in [0.4, 0.5) is 15.3 Å². The fraction of sp³-hybridized carbons (Fsp3) is 0.500. The maximum absolute atomic E-state index is 12.4. The van der Waals surface area contributed by atoms with Crippen LogP contribution in [0.25, 0.3) is 0 Å². The number of esters is 1. The number of nitrogens with two attached hydrogens (primary N) is 1. The van der Waals surface area contributed by atoms with E-state index in [1.54, 1.807) is 45.0 Å². The third-order valence-corrected chi connectivity index (χ3v) is 3.85. The molecule has 142 valence electrons. The van der Waals surface area contributed by atoms with E-state index in [0.717, 1.165) is 12.8 Å². The van der Waals surface area contributed by atoms with Crippen LogP contribution < -0.4 is 11.1 Å². The molecule has 0 spiro atoms. The number of anilines is 1. The number of likely N-dealkylation sites (tertiary alicyclic amines) is 1. The van der Waals surface area contributed by atoms with Crippen LogP contribution in [0.1, 0.15) is 44.0 Å². The lowest BCUT2D eigenvalue weighted by molar-refractivity contribution is 0.0423. The summed E-state index contributed by atoms with van der Waals surface area (Å²) in [5.41, 5.74) is 5.17. The van der Waals surface area contributed by atoms with Crippen molar-refractivity contribution >= 4 is 23.8 Å². The second kappa shape index (κ2) is 8.07. The van der Waals surface area contributed by atoms with Gasteiger partial charge in [0.05, 0.1) is 17.3 Å². The van der Waals surface area contributed by atoms with Gasteiger partial charge in [0, 0.05) is 6.54 Å². The predicted octanol–water partition coefficient (Wildman–Crippen LogP) is 2.73. The standard InChI is InChI=1S/C18H25N3O5/c1-18(2,3)26-17(24)20-14-9-5-4-8-13(14)15(22)25-11-12-7-6-10-21(12)16(19)23/h4-5,8-9,12H,6-7,10-11H2,1-3H3,(H2,19,23)(H,20,24)/t12-/m1/s1. The van der Waals surface area contributed by atoms with Gasteiger partial charge in [-0.15, -0.1) is 0 Å². The van der Waals surface area contributed by atoms with Crippen molar-refractivity contribution in [2.75, 3.05) is 18.5 Å². The summed E-state index contributed by atoms with van der Waals surface area (Å²) < 4.78 is 10.5. The van der Waals surface area contributed by atoms with Crippen LogP contribution in [0, 0.1) is 0 Å². The molecule has 1 aromatic carbocycles. The van der Waals surface area contributed by atoms with E-state index in [-0.39, 0.29) is 18.2 Å². The molecule has 0 saturated carbocycles. The van der Waals surface area contributed by atoms with Crippen molar-refractivity contribution in [1.82, 2.24) is 4.90 Å². The van der Waals surface area contributed by atoms with Crippen molar-refractivity contribution in [3.63, 3.8) is 0 Å². The van der Waals surface area contributed by atoms with Crippen LogP contribution in [0.15, 0.2) is 24.3 Å². The molecule has 1 aliphatic rings. The number of benzene rings is 1. The molecule has 1 aliphatic heterocycles. The van der Waals surface area contributed by atoms with Crippen molar-refractivity contribution in [2.45, 2.75) is 45.3 Å². The lowest BCUT2D eigenvalue weighted by Crippen LogP contribution is -2.42. The van der Waals surface area contributed by atoms with Gasteiger partial charge in [-0.1, -0.05) is 12.1 Å². The number of ether oxygens (including phenoxy) is 2. The summed E-state index contributed by atoms with van der Waals surface area (Å²) in [6.07, 6.45) is 0.893. The fourth-order valence-electron chi connectivity index (χ4n) is 2.73. The number of urea groups is 1. The minimum atomic E-state index is -0.659. The zero-order valence-corrected chi connectivity index (χ0v) is 15.3. The van der Waals surface area contributed by atoms with Crippen LogP contribution in [0.2, 0.25) is 0 Å². The number of hydrogen-bond donors (Lipinski definition) is 2. The molecule has 0 radical (unpaired) electrons. The van der Waals surface area contributed by atoms with Gasteiger partial charge < -0.3 is 20.1 Å². The highest BCUT2D eigenvalue weighted by Crippen LogP contribution is 2.20. The van der Waals surface area contributed by atoms with Crippen molar-refractivity contribution < 1.29 is 23.9 Å². The summed E-state index contributed by atoms with van der Waals surface area (Å²) >= 11 is 0. The zero-order chi connectivity index (χ0) is 19.3. The largest absolute Gasteiger partial charge is 0.460 e. The average Bonchev–Trinajstić information content (AvgIpc) is 3.00. The summed E-state index contributed by atoms with van der Waals surface area (Å²) in [5.74, 6) is -0.590. The third kappa shape index (κ3) is 5.37. The van der Waals surface area contributed by atoms with Crippen molar-refractivity contribution in [3.05, 3.63) is 29.8 Å². The van der Waals surface area contributed by atoms with Crippen LogP contribution >= 0.6 is 0 Å². The topological polar surface area (TPSA) is 111 Å². The van der Waals surface area contributed by atoms with E-state index in [1.165, 1.54) is 4.90 Å². The summed E-state index contributed by atoms with van der Waals surface area (Å²) in [7, 11) is 0. The van der Waals surface area contributed by atoms with Crippen LogP contribution in [-0.2, 0) is 9.47 Å². The highest BCUT2D eigenvalue weighted by atomic mass is 16.6. The molecule has 0 aliphatic carbocycles. The third-order valence-electron chi connectivity index (χ3n) is 3.85. The highest BCUT2D eigenvalue weighted by Gasteiger charge is 2.29. The fourth-order valence-corrected chi connectivity index (χ4v) is 2.73. The quantitative estimate of drug-likeness (QED) is 0.799.